The van der Waals surface area contributed by atoms with E-state index in [1.165, 1.54) is 24.7 Å². The first-order chi connectivity index (χ1) is 14.4. The van der Waals surface area contributed by atoms with Crippen LogP contribution in [0.2, 0.25) is 5.02 Å². The van der Waals surface area contributed by atoms with Crippen LogP contribution in [0.3, 0.4) is 0 Å². The SMILES string of the molecule is COc1cc(N)c(Cl)cc1C(=O)N[C@@H]1CC2CC(C)C(C1)N2Cc1ccc(C)cc1. The molecule has 2 saturated heterocycles. The number of nitrogens with one attached hydrogen (secondary N) is 1. The van der Waals surface area contributed by atoms with Crippen molar-refractivity contribution in [2.75, 3.05) is 12.8 Å². The van der Waals surface area contributed by atoms with Gasteiger partial charge in [-0.05, 0) is 43.7 Å². The van der Waals surface area contributed by atoms with Crippen LogP contribution in [0.25, 0.3) is 0 Å². The topological polar surface area (TPSA) is 67.6 Å². The number of rotatable bonds is 5. The third-order valence-corrected chi connectivity index (χ3v) is 6.99. The first-order valence-corrected chi connectivity index (χ1v) is 11.0. The van der Waals surface area contributed by atoms with Crippen LogP contribution in [0.4, 0.5) is 5.69 Å². The van der Waals surface area contributed by atoms with Crippen LogP contribution >= 0.6 is 11.6 Å². The Morgan fingerprint density at radius 2 is 1.97 bits per heavy atom. The number of amides is 1. The Hall–Kier alpha value is -2.24. The number of methoxy groups -OCH3 is 1. The standard InChI is InChI=1S/C24H30ClN3O2/c1-14-4-6-16(7-5-14)13-28-18-8-15(2)22(28)10-17(9-18)27-24(29)19-11-20(25)21(26)12-23(19)30-3/h4-7,11-12,15,17-18,22H,8-10,13,26H2,1-3H3,(H,27,29)/t15?,17-,18?,22?/m1/s1. The summed E-state index contributed by atoms with van der Waals surface area (Å²) in [4.78, 5) is 15.6. The second kappa shape index (κ2) is 8.48. The second-order valence-corrected chi connectivity index (χ2v) is 9.22. The van der Waals surface area contributed by atoms with Gasteiger partial charge in [0.25, 0.3) is 5.91 Å². The fourth-order valence-electron chi connectivity index (χ4n) is 5.08. The number of nitrogens with two attached hydrogens (primary N) is 1. The predicted octanol–water partition coefficient (Wildman–Crippen LogP) is 4.41. The van der Waals surface area contributed by atoms with Gasteiger partial charge in [-0.15, -0.1) is 0 Å². The maximum absolute atomic E-state index is 13.0. The number of carbonyl (C=O) groups is 1. The zero-order valence-electron chi connectivity index (χ0n) is 17.8. The van der Waals surface area contributed by atoms with Gasteiger partial charge in [0, 0.05) is 30.7 Å². The highest BCUT2D eigenvalue weighted by Crippen LogP contribution is 2.40. The fraction of sp³-hybridized carbons (Fsp3) is 0.458. The van der Waals surface area contributed by atoms with Gasteiger partial charge in [0.05, 0.1) is 23.4 Å². The van der Waals surface area contributed by atoms with Crippen molar-refractivity contribution in [1.29, 1.82) is 0 Å². The van der Waals surface area contributed by atoms with Crippen LogP contribution < -0.4 is 15.8 Å². The molecule has 2 aromatic carbocycles. The van der Waals surface area contributed by atoms with E-state index in [1.807, 2.05) is 0 Å². The Kier molecular flexibility index (Phi) is 5.94. The van der Waals surface area contributed by atoms with E-state index in [4.69, 9.17) is 22.1 Å². The molecule has 2 bridgehead atoms. The summed E-state index contributed by atoms with van der Waals surface area (Å²) in [5.74, 6) is 0.920. The van der Waals surface area contributed by atoms with Crippen LogP contribution in [0.1, 0.15) is 47.7 Å². The number of piperidine rings is 1. The summed E-state index contributed by atoms with van der Waals surface area (Å²) >= 11 is 6.14. The maximum atomic E-state index is 13.0. The number of aryl methyl sites for hydroxylation is 1. The summed E-state index contributed by atoms with van der Waals surface area (Å²) < 4.78 is 5.35. The Morgan fingerprint density at radius 1 is 1.23 bits per heavy atom. The molecule has 0 aromatic heterocycles. The lowest BCUT2D eigenvalue weighted by Gasteiger charge is -2.40. The molecule has 2 aromatic rings. The Bertz CT molecular complexity index is 931. The van der Waals surface area contributed by atoms with Crippen LogP contribution in [0.15, 0.2) is 36.4 Å². The molecule has 4 rings (SSSR count). The van der Waals surface area contributed by atoms with Crippen molar-refractivity contribution in [3.8, 4) is 5.75 Å². The molecule has 1 amide bonds. The zero-order valence-corrected chi connectivity index (χ0v) is 18.6. The summed E-state index contributed by atoms with van der Waals surface area (Å²) in [7, 11) is 1.53. The van der Waals surface area contributed by atoms with Crippen molar-refractivity contribution in [1.82, 2.24) is 10.2 Å². The van der Waals surface area contributed by atoms with E-state index in [-0.39, 0.29) is 11.9 Å². The molecule has 2 fully saturated rings. The van der Waals surface area contributed by atoms with Gasteiger partial charge in [-0.2, -0.15) is 0 Å². The molecule has 6 heteroatoms. The molecule has 2 aliphatic heterocycles. The van der Waals surface area contributed by atoms with E-state index in [0.29, 0.717) is 40.0 Å². The Labute approximate surface area is 183 Å². The number of fused-ring (bicyclic) bond motifs is 2. The van der Waals surface area contributed by atoms with Gasteiger partial charge in [0.2, 0.25) is 0 Å². The van der Waals surface area contributed by atoms with Gasteiger partial charge in [-0.25, -0.2) is 0 Å². The lowest BCUT2D eigenvalue weighted by atomic mass is 9.94. The number of ether oxygens (including phenoxy) is 1. The van der Waals surface area contributed by atoms with Crippen molar-refractivity contribution in [3.63, 3.8) is 0 Å². The molecule has 2 heterocycles. The van der Waals surface area contributed by atoms with Crippen molar-refractivity contribution in [2.45, 2.75) is 57.8 Å². The predicted molar refractivity (Wildman–Crippen MR) is 121 cm³/mol. The number of nitrogens with zero attached hydrogens (tertiary/aromatic N) is 1. The van der Waals surface area contributed by atoms with E-state index in [2.05, 4.69) is 48.3 Å². The summed E-state index contributed by atoms with van der Waals surface area (Å²) in [6.07, 6.45) is 3.10. The number of benzene rings is 2. The van der Waals surface area contributed by atoms with Crippen molar-refractivity contribution in [2.24, 2.45) is 5.92 Å². The summed E-state index contributed by atoms with van der Waals surface area (Å²) in [5, 5.41) is 3.59. The molecule has 5 nitrogen and oxygen atoms in total. The molecule has 4 atom stereocenters. The Morgan fingerprint density at radius 3 is 2.63 bits per heavy atom. The summed E-state index contributed by atoms with van der Waals surface area (Å²) in [6.45, 7) is 5.43. The van der Waals surface area contributed by atoms with Crippen molar-refractivity contribution >= 4 is 23.2 Å². The van der Waals surface area contributed by atoms with Gasteiger partial charge in [-0.3, -0.25) is 9.69 Å². The average molecular weight is 428 g/mol. The summed E-state index contributed by atoms with van der Waals surface area (Å²) in [5.41, 5.74) is 9.32. The molecule has 30 heavy (non-hydrogen) atoms. The van der Waals surface area contributed by atoms with Crippen molar-refractivity contribution in [3.05, 3.63) is 58.1 Å². The quantitative estimate of drug-likeness (QED) is 0.693. The third-order valence-electron chi connectivity index (χ3n) is 6.66. The van der Waals surface area contributed by atoms with Gasteiger partial charge >= 0.3 is 0 Å². The molecular weight excluding hydrogens is 398 g/mol. The first-order valence-electron chi connectivity index (χ1n) is 10.6. The van der Waals surface area contributed by atoms with Gasteiger partial charge in [0.1, 0.15) is 5.75 Å². The van der Waals surface area contributed by atoms with E-state index in [9.17, 15) is 4.79 Å². The van der Waals surface area contributed by atoms with Crippen LogP contribution in [0, 0.1) is 12.8 Å². The fourth-order valence-corrected chi connectivity index (χ4v) is 5.25. The number of carbonyl (C=O) groups excluding carboxylic acids is 1. The van der Waals surface area contributed by atoms with E-state index in [0.717, 1.165) is 19.4 Å². The van der Waals surface area contributed by atoms with E-state index < -0.39 is 0 Å². The molecule has 2 aliphatic rings. The van der Waals surface area contributed by atoms with E-state index >= 15 is 0 Å². The van der Waals surface area contributed by atoms with Gasteiger partial charge in [-0.1, -0.05) is 48.4 Å². The lowest BCUT2D eigenvalue weighted by Crippen LogP contribution is -2.50. The minimum absolute atomic E-state index is 0.146. The Balaban J connectivity index is 1.45. The van der Waals surface area contributed by atoms with Crippen LogP contribution in [0.5, 0.6) is 5.75 Å². The highest BCUT2D eigenvalue weighted by atomic mass is 35.5. The molecular formula is C24H30ClN3O2. The van der Waals surface area contributed by atoms with Gasteiger partial charge in [0.15, 0.2) is 0 Å². The normalized spacial score (nSPS) is 25.9. The third kappa shape index (κ3) is 4.14. The minimum atomic E-state index is -0.155. The second-order valence-electron chi connectivity index (χ2n) is 8.81. The molecule has 160 valence electrons. The smallest absolute Gasteiger partial charge is 0.255 e. The number of nitrogen functional groups attached to an aromatic ring is 1. The minimum Gasteiger partial charge on any atom is -0.496 e. The molecule has 0 radical (unpaired) electrons. The molecule has 0 saturated carbocycles. The number of hydrogen-bond acceptors (Lipinski definition) is 4. The summed E-state index contributed by atoms with van der Waals surface area (Å²) in [6, 6.07) is 13.1. The molecule has 0 spiro atoms. The highest BCUT2D eigenvalue weighted by molar-refractivity contribution is 6.33. The largest absolute Gasteiger partial charge is 0.496 e. The molecule has 3 unspecified atom stereocenters. The lowest BCUT2D eigenvalue weighted by molar-refractivity contribution is 0.0799. The average Bonchev–Trinajstić information content (AvgIpc) is 2.89. The molecule has 3 N–H and O–H groups in total. The number of anilines is 1. The maximum Gasteiger partial charge on any atom is 0.255 e. The van der Waals surface area contributed by atoms with Crippen LogP contribution in [-0.2, 0) is 6.54 Å². The first kappa shape index (κ1) is 21.0. The van der Waals surface area contributed by atoms with Gasteiger partial charge < -0.3 is 15.8 Å². The zero-order chi connectivity index (χ0) is 21.4. The van der Waals surface area contributed by atoms with Crippen molar-refractivity contribution < 1.29 is 9.53 Å². The monoisotopic (exact) mass is 427 g/mol. The van der Waals surface area contributed by atoms with Crippen LogP contribution in [-0.4, -0.2) is 36.0 Å². The molecule has 0 aliphatic carbocycles. The number of hydrogen-bond donors (Lipinski definition) is 2. The van der Waals surface area contributed by atoms with E-state index in [1.54, 1.807) is 12.1 Å². The highest BCUT2D eigenvalue weighted by Gasteiger charge is 2.45. The number of halogens is 1.